The van der Waals surface area contributed by atoms with Gasteiger partial charge in [-0.15, -0.1) is 0 Å². The SMILES string of the molecule is CCc1c(C(=O)NCCCCNc2c3c(nc4ccccc24)CCCC3)nc(-c2ccccc2Cl)n1-c1ccc(Cl)cc1. The summed E-state index contributed by atoms with van der Waals surface area (Å²) in [5.41, 5.74) is 7.78. The molecular formula is C35H35Cl2N5O. The molecule has 220 valence electrons. The molecule has 0 atom stereocenters. The Bertz CT molecular complexity index is 1760. The molecule has 6 rings (SSSR count). The first-order valence-electron chi connectivity index (χ1n) is 15.1. The van der Waals surface area contributed by atoms with Crippen LogP contribution in [0, 0.1) is 0 Å². The number of carbonyl (C=O) groups excluding carboxylic acids is 1. The van der Waals surface area contributed by atoms with Gasteiger partial charge in [-0.25, -0.2) is 4.98 Å². The van der Waals surface area contributed by atoms with Crippen LogP contribution in [0.25, 0.3) is 28.0 Å². The number of carbonyl (C=O) groups is 1. The number of benzene rings is 3. The van der Waals surface area contributed by atoms with Crippen LogP contribution in [-0.2, 0) is 19.3 Å². The van der Waals surface area contributed by atoms with Crippen molar-refractivity contribution in [2.24, 2.45) is 0 Å². The maximum absolute atomic E-state index is 13.5. The Morgan fingerprint density at radius 3 is 2.44 bits per heavy atom. The largest absolute Gasteiger partial charge is 0.384 e. The van der Waals surface area contributed by atoms with Crippen molar-refractivity contribution >= 4 is 45.7 Å². The number of anilines is 1. The predicted octanol–water partition coefficient (Wildman–Crippen LogP) is 8.46. The molecule has 2 aromatic heterocycles. The summed E-state index contributed by atoms with van der Waals surface area (Å²) in [4.78, 5) is 23.3. The molecule has 1 aliphatic rings. The van der Waals surface area contributed by atoms with Crippen LogP contribution < -0.4 is 10.6 Å². The van der Waals surface area contributed by atoms with Crippen LogP contribution in [0.2, 0.25) is 10.0 Å². The third kappa shape index (κ3) is 6.13. The lowest BCUT2D eigenvalue weighted by Crippen LogP contribution is -2.26. The fourth-order valence-corrected chi connectivity index (χ4v) is 6.32. The molecule has 0 fully saturated rings. The lowest BCUT2D eigenvalue weighted by molar-refractivity contribution is 0.0947. The number of hydrogen-bond donors (Lipinski definition) is 2. The first-order valence-corrected chi connectivity index (χ1v) is 15.9. The topological polar surface area (TPSA) is 71.8 Å². The molecule has 5 aromatic rings. The van der Waals surface area contributed by atoms with Crippen molar-refractivity contribution in [3.63, 3.8) is 0 Å². The van der Waals surface area contributed by atoms with Crippen molar-refractivity contribution in [1.29, 1.82) is 0 Å². The average Bonchev–Trinajstić information content (AvgIpc) is 3.42. The summed E-state index contributed by atoms with van der Waals surface area (Å²) in [7, 11) is 0. The Morgan fingerprint density at radius 2 is 1.63 bits per heavy atom. The zero-order chi connectivity index (χ0) is 29.8. The van der Waals surface area contributed by atoms with E-state index < -0.39 is 0 Å². The normalized spacial score (nSPS) is 12.7. The van der Waals surface area contributed by atoms with Gasteiger partial charge >= 0.3 is 0 Å². The van der Waals surface area contributed by atoms with Crippen molar-refractivity contribution in [1.82, 2.24) is 19.9 Å². The van der Waals surface area contributed by atoms with E-state index in [-0.39, 0.29) is 5.91 Å². The Hall–Kier alpha value is -3.87. The van der Waals surface area contributed by atoms with Crippen LogP contribution >= 0.6 is 23.2 Å². The van der Waals surface area contributed by atoms with Crippen molar-refractivity contribution in [2.45, 2.75) is 51.9 Å². The zero-order valence-corrected chi connectivity index (χ0v) is 25.8. The molecule has 1 amide bonds. The number of fused-ring (bicyclic) bond motifs is 2. The molecule has 0 spiro atoms. The summed E-state index contributed by atoms with van der Waals surface area (Å²) < 4.78 is 2.01. The number of imidazole rings is 1. The zero-order valence-electron chi connectivity index (χ0n) is 24.3. The Morgan fingerprint density at radius 1 is 0.884 bits per heavy atom. The van der Waals surface area contributed by atoms with Crippen molar-refractivity contribution < 1.29 is 4.79 Å². The lowest BCUT2D eigenvalue weighted by atomic mass is 9.92. The summed E-state index contributed by atoms with van der Waals surface area (Å²) in [5.74, 6) is 0.451. The second-order valence-corrected chi connectivity index (χ2v) is 11.7. The van der Waals surface area contributed by atoms with Gasteiger partial charge in [0.25, 0.3) is 5.91 Å². The number of aryl methyl sites for hydroxylation is 1. The predicted molar refractivity (Wildman–Crippen MR) is 177 cm³/mol. The minimum Gasteiger partial charge on any atom is -0.384 e. The molecule has 0 bridgehead atoms. The Labute approximate surface area is 262 Å². The fraction of sp³-hybridized carbons (Fsp3) is 0.286. The van der Waals surface area contributed by atoms with E-state index in [1.807, 2.05) is 60.0 Å². The van der Waals surface area contributed by atoms with E-state index in [1.165, 1.54) is 35.2 Å². The number of unbranched alkanes of at least 4 members (excludes halogenated alkanes) is 1. The number of hydrogen-bond acceptors (Lipinski definition) is 4. The van der Waals surface area contributed by atoms with E-state index in [2.05, 4.69) is 34.9 Å². The van der Waals surface area contributed by atoms with Gasteiger partial charge < -0.3 is 10.6 Å². The van der Waals surface area contributed by atoms with Gasteiger partial charge in [0.1, 0.15) is 11.5 Å². The summed E-state index contributed by atoms with van der Waals surface area (Å²) in [6.07, 6.45) is 6.93. The molecule has 1 aliphatic carbocycles. The summed E-state index contributed by atoms with van der Waals surface area (Å²) in [6.45, 7) is 3.43. The van der Waals surface area contributed by atoms with Crippen LogP contribution in [0.4, 0.5) is 5.69 Å². The van der Waals surface area contributed by atoms with Gasteiger partial charge in [0.2, 0.25) is 0 Å². The number of para-hydroxylation sites is 1. The van der Waals surface area contributed by atoms with Crippen LogP contribution in [0.5, 0.6) is 0 Å². The van der Waals surface area contributed by atoms with Gasteiger partial charge in [-0.1, -0.05) is 60.5 Å². The number of halogens is 2. The molecule has 0 unspecified atom stereocenters. The second-order valence-electron chi connectivity index (χ2n) is 10.9. The number of nitrogens with one attached hydrogen (secondary N) is 2. The van der Waals surface area contributed by atoms with Crippen LogP contribution in [-0.4, -0.2) is 33.5 Å². The van der Waals surface area contributed by atoms with Crippen LogP contribution in [0.3, 0.4) is 0 Å². The highest BCUT2D eigenvalue weighted by molar-refractivity contribution is 6.33. The molecule has 8 heteroatoms. The molecule has 2 N–H and O–H groups in total. The van der Waals surface area contributed by atoms with E-state index in [0.29, 0.717) is 34.5 Å². The summed E-state index contributed by atoms with van der Waals surface area (Å²) >= 11 is 12.8. The Kier molecular flexibility index (Phi) is 8.96. The number of pyridine rings is 1. The van der Waals surface area contributed by atoms with Gasteiger partial charge in [0.15, 0.2) is 0 Å². The highest BCUT2D eigenvalue weighted by Crippen LogP contribution is 2.34. The second kappa shape index (κ2) is 13.2. The third-order valence-corrected chi connectivity index (χ3v) is 8.66. The first-order chi connectivity index (χ1) is 21.0. The molecule has 6 nitrogen and oxygen atoms in total. The van der Waals surface area contributed by atoms with Gasteiger partial charge in [-0.3, -0.25) is 14.3 Å². The van der Waals surface area contributed by atoms with Crippen LogP contribution in [0.15, 0.2) is 72.8 Å². The van der Waals surface area contributed by atoms with Gasteiger partial charge in [0, 0.05) is 46.1 Å². The number of nitrogens with zero attached hydrogens (tertiary/aromatic N) is 3. The number of aromatic nitrogens is 3. The number of rotatable bonds is 10. The molecule has 3 aromatic carbocycles. The quantitative estimate of drug-likeness (QED) is 0.155. The third-order valence-electron chi connectivity index (χ3n) is 8.08. The molecule has 43 heavy (non-hydrogen) atoms. The van der Waals surface area contributed by atoms with E-state index in [0.717, 1.165) is 54.7 Å². The van der Waals surface area contributed by atoms with Gasteiger partial charge in [-0.05, 0) is 93.0 Å². The Balaban J connectivity index is 1.15. The van der Waals surface area contributed by atoms with Gasteiger partial charge in [-0.2, -0.15) is 0 Å². The smallest absolute Gasteiger partial charge is 0.271 e. The highest BCUT2D eigenvalue weighted by atomic mass is 35.5. The molecule has 0 saturated carbocycles. The maximum atomic E-state index is 13.5. The van der Waals surface area contributed by atoms with E-state index in [1.54, 1.807) is 0 Å². The molecule has 0 aliphatic heterocycles. The van der Waals surface area contributed by atoms with Crippen molar-refractivity contribution in [2.75, 3.05) is 18.4 Å². The minimum absolute atomic E-state index is 0.181. The standard InChI is InChI=1S/C35H35Cl2N5O/c1-2-31-33(41-34(25-11-3-6-14-28(25)37)42(31)24-19-17-23(36)18-20-24)35(43)39-22-10-9-21-38-32-26-12-4-7-15-29(26)40-30-16-8-5-13-27(30)32/h3-4,6-7,11-12,14-15,17-20H,2,5,8-10,13,16,21-22H2,1H3,(H,38,40)(H,39,43). The van der Waals surface area contributed by atoms with Crippen molar-refractivity contribution in [3.05, 3.63) is 105 Å². The molecular weight excluding hydrogens is 577 g/mol. The van der Waals surface area contributed by atoms with E-state index >= 15 is 0 Å². The van der Waals surface area contributed by atoms with Crippen molar-refractivity contribution in [3.8, 4) is 17.1 Å². The summed E-state index contributed by atoms with van der Waals surface area (Å²) in [5, 5.41) is 9.24. The van der Waals surface area contributed by atoms with E-state index in [4.69, 9.17) is 33.2 Å². The fourth-order valence-electron chi connectivity index (χ4n) is 5.98. The molecule has 0 radical (unpaired) electrons. The monoisotopic (exact) mass is 611 g/mol. The van der Waals surface area contributed by atoms with Crippen LogP contribution in [0.1, 0.15) is 60.0 Å². The highest BCUT2D eigenvalue weighted by Gasteiger charge is 2.24. The molecule has 2 heterocycles. The lowest BCUT2D eigenvalue weighted by Gasteiger charge is -2.21. The average molecular weight is 613 g/mol. The number of amides is 1. The van der Waals surface area contributed by atoms with E-state index in [9.17, 15) is 4.79 Å². The van der Waals surface area contributed by atoms with Gasteiger partial charge in [0.05, 0.1) is 16.2 Å². The first kappa shape index (κ1) is 29.2. The minimum atomic E-state index is -0.181. The molecule has 0 saturated heterocycles. The maximum Gasteiger partial charge on any atom is 0.271 e. The summed E-state index contributed by atoms with van der Waals surface area (Å²) in [6, 6.07) is 23.5.